The van der Waals surface area contributed by atoms with Crippen molar-refractivity contribution in [3.63, 3.8) is 0 Å². The Balaban J connectivity index is 1.93. The minimum Gasteiger partial charge on any atom is -0.351 e. The Labute approximate surface area is 180 Å². The Morgan fingerprint density at radius 3 is 1.97 bits per heavy atom. The molecule has 1 fully saturated rings. The van der Waals surface area contributed by atoms with Crippen LogP contribution >= 0.6 is 11.6 Å². The van der Waals surface area contributed by atoms with Gasteiger partial charge in [-0.1, -0.05) is 29.3 Å². The van der Waals surface area contributed by atoms with Crippen molar-refractivity contribution in [2.45, 2.75) is 19.5 Å². The summed E-state index contributed by atoms with van der Waals surface area (Å²) in [4.78, 5) is 42.3. The number of nitrogens with one attached hydrogen (secondary N) is 1. The van der Waals surface area contributed by atoms with Crippen LogP contribution in [0.4, 0.5) is 0 Å². The van der Waals surface area contributed by atoms with Crippen molar-refractivity contribution in [3.05, 3.63) is 70.2 Å². The number of hydrogen-bond donors (Lipinski definition) is 2. The highest BCUT2D eigenvalue weighted by atomic mass is 35.5. The van der Waals surface area contributed by atoms with E-state index in [4.69, 9.17) is 17.3 Å². The topological polar surface area (TPSA) is 95.7 Å². The minimum atomic E-state index is -1.05. The molecular weight excluding hydrogens is 404 g/mol. The summed E-state index contributed by atoms with van der Waals surface area (Å²) in [5, 5.41) is 3.23. The van der Waals surface area contributed by atoms with Crippen molar-refractivity contribution in [3.8, 4) is 0 Å². The number of aryl methyl sites for hydroxylation is 1. The second-order valence-corrected chi connectivity index (χ2v) is 7.61. The van der Waals surface area contributed by atoms with E-state index in [2.05, 4.69) is 5.32 Å². The number of carbonyl (C=O) groups is 3. The highest BCUT2D eigenvalue weighted by Gasteiger charge is 2.40. The standard InChI is InChI=1S/C22H25ClN4O3/c1-15-3-5-16(6-4-15)21(29)26-13-2-14-27(20(26)19(28)25-12-11-24)22(30)17-7-9-18(23)10-8-17/h3-10,20H,2,11-14,24H2,1H3,(H,25,28). The molecular formula is C22H25ClN4O3. The highest BCUT2D eigenvalue weighted by molar-refractivity contribution is 6.30. The molecule has 1 saturated heterocycles. The number of nitrogens with two attached hydrogens (primary N) is 1. The summed E-state index contributed by atoms with van der Waals surface area (Å²) < 4.78 is 0. The molecule has 2 aromatic carbocycles. The van der Waals surface area contributed by atoms with Crippen LogP contribution in [0.1, 0.15) is 32.7 Å². The molecule has 7 nitrogen and oxygen atoms in total. The molecule has 3 amide bonds. The molecule has 1 unspecified atom stereocenters. The van der Waals surface area contributed by atoms with E-state index in [1.54, 1.807) is 36.4 Å². The van der Waals surface area contributed by atoms with Crippen LogP contribution in [0, 0.1) is 6.92 Å². The van der Waals surface area contributed by atoms with Gasteiger partial charge in [-0.25, -0.2) is 0 Å². The van der Waals surface area contributed by atoms with Gasteiger partial charge in [-0.05, 0) is 49.7 Å². The third-order valence-electron chi connectivity index (χ3n) is 4.98. The fraction of sp³-hybridized carbons (Fsp3) is 0.318. The Bertz CT molecular complexity index is 849. The summed E-state index contributed by atoms with van der Waals surface area (Å²) in [5.74, 6) is -1.06. The lowest BCUT2D eigenvalue weighted by molar-refractivity contribution is -0.132. The van der Waals surface area contributed by atoms with E-state index in [0.717, 1.165) is 5.56 Å². The van der Waals surface area contributed by atoms with Gasteiger partial charge in [-0.3, -0.25) is 14.4 Å². The summed E-state index contributed by atoms with van der Waals surface area (Å²) in [6.45, 7) is 3.18. The van der Waals surface area contributed by atoms with E-state index < -0.39 is 12.1 Å². The zero-order valence-corrected chi connectivity index (χ0v) is 17.6. The number of hydrogen-bond acceptors (Lipinski definition) is 4. The largest absolute Gasteiger partial charge is 0.351 e. The normalized spacial score (nSPS) is 16.3. The number of amides is 3. The predicted octanol–water partition coefficient (Wildman–Crippen LogP) is 2.04. The van der Waals surface area contributed by atoms with Gasteiger partial charge in [0.1, 0.15) is 0 Å². The molecule has 0 aromatic heterocycles. The van der Waals surface area contributed by atoms with Crippen molar-refractivity contribution in [2.75, 3.05) is 26.2 Å². The van der Waals surface area contributed by atoms with Crippen molar-refractivity contribution in [2.24, 2.45) is 5.73 Å². The zero-order chi connectivity index (χ0) is 21.7. The molecule has 0 saturated carbocycles. The van der Waals surface area contributed by atoms with Crippen LogP contribution in [-0.2, 0) is 4.79 Å². The molecule has 3 N–H and O–H groups in total. The van der Waals surface area contributed by atoms with E-state index in [1.807, 2.05) is 19.1 Å². The maximum absolute atomic E-state index is 13.2. The maximum atomic E-state index is 13.2. The summed E-state index contributed by atoms with van der Waals surface area (Å²) in [6, 6.07) is 13.6. The molecule has 8 heteroatoms. The Hall–Kier alpha value is -2.90. The zero-order valence-electron chi connectivity index (χ0n) is 16.8. The first-order chi connectivity index (χ1) is 14.4. The van der Waals surface area contributed by atoms with Crippen LogP contribution in [0.3, 0.4) is 0 Å². The van der Waals surface area contributed by atoms with Crippen LogP contribution in [-0.4, -0.2) is 59.9 Å². The first kappa shape index (κ1) is 21.8. The first-order valence-corrected chi connectivity index (χ1v) is 10.2. The minimum absolute atomic E-state index is 0.255. The monoisotopic (exact) mass is 428 g/mol. The number of rotatable bonds is 5. The first-order valence-electron chi connectivity index (χ1n) is 9.84. The second kappa shape index (κ2) is 9.73. The van der Waals surface area contributed by atoms with Gasteiger partial charge in [0, 0.05) is 42.3 Å². The van der Waals surface area contributed by atoms with Gasteiger partial charge in [-0.2, -0.15) is 0 Å². The number of carbonyl (C=O) groups excluding carboxylic acids is 3. The lowest BCUT2D eigenvalue weighted by Gasteiger charge is -2.42. The van der Waals surface area contributed by atoms with Crippen molar-refractivity contribution in [1.82, 2.24) is 15.1 Å². The van der Waals surface area contributed by atoms with E-state index >= 15 is 0 Å². The summed E-state index contributed by atoms with van der Waals surface area (Å²) in [6.07, 6.45) is -0.486. The molecule has 0 radical (unpaired) electrons. The van der Waals surface area contributed by atoms with Gasteiger partial charge in [0.2, 0.25) is 0 Å². The summed E-state index contributed by atoms with van der Waals surface area (Å²) in [5.41, 5.74) is 7.42. The summed E-state index contributed by atoms with van der Waals surface area (Å²) in [7, 11) is 0. The van der Waals surface area contributed by atoms with Crippen LogP contribution < -0.4 is 11.1 Å². The molecule has 1 aliphatic heterocycles. The van der Waals surface area contributed by atoms with Crippen LogP contribution in [0.15, 0.2) is 48.5 Å². The summed E-state index contributed by atoms with van der Waals surface area (Å²) >= 11 is 5.93. The fourth-order valence-electron chi connectivity index (χ4n) is 3.44. The quantitative estimate of drug-likeness (QED) is 0.761. The molecule has 0 bridgehead atoms. The van der Waals surface area contributed by atoms with E-state index in [0.29, 0.717) is 35.7 Å². The van der Waals surface area contributed by atoms with Crippen LogP contribution in [0.25, 0.3) is 0 Å². The average Bonchev–Trinajstić information content (AvgIpc) is 2.77. The lowest BCUT2D eigenvalue weighted by atomic mass is 10.1. The van der Waals surface area contributed by atoms with Gasteiger partial charge < -0.3 is 20.9 Å². The van der Waals surface area contributed by atoms with Crippen LogP contribution in [0.2, 0.25) is 5.02 Å². The van der Waals surface area contributed by atoms with Crippen molar-refractivity contribution < 1.29 is 14.4 Å². The lowest BCUT2D eigenvalue weighted by Crippen LogP contribution is -2.63. The third kappa shape index (κ3) is 4.80. The highest BCUT2D eigenvalue weighted by Crippen LogP contribution is 2.22. The van der Waals surface area contributed by atoms with E-state index in [1.165, 1.54) is 9.80 Å². The molecule has 2 aromatic rings. The molecule has 1 atom stereocenters. The van der Waals surface area contributed by atoms with E-state index in [-0.39, 0.29) is 24.9 Å². The number of benzene rings is 2. The number of halogens is 1. The third-order valence-corrected chi connectivity index (χ3v) is 5.23. The van der Waals surface area contributed by atoms with Gasteiger partial charge in [0.05, 0.1) is 0 Å². The predicted molar refractivity (Wildman–Crippen MR) is 115 cm³/mol. The van der Waals surface area contributed by atoms with E-state index in [9.17, 15) is 14.4 Å². The van der Waals surface area contributed by atoms with Crippen LogP contribution in [0.5, 0.6) is 0 Å². The average molecular weight is 429 g/mol. The van der Waals surface area contributed by atoms with Gasteiger partial charge in [-0.15, -0.1) is 0 Å². The van der Waals surface area contributed by atoms with Gasteiger partial charge in [0.25, 0.3) is 17.7 Å². The molecule has 0 aliphatic carbocycles. The Morgan fingerprint density at radius 2 is 1.47 bits per heavy atom. The van der Waals surface area contributed by atoms with Crippen molar-refractivity contribution >= 4 is 29.3 Å². The van der Waals surface area contributed by atoms with Gasteiger partial charge in [0.15, 0.2) is 6.17 Å². The maximum Gasteiger partial charge on any atom is 0.263 e. The molecule has 30 heavy (non-hydrogen) atoms. The fourth-order valence-corrected chi connectivity index (χ4v) is 3.57. The molecule has 158 valence electrons. The smallest absolute Gasteiger partial charge is 0.263 e. The molecule has 1 heterocycles. The molecule has 3 rings (SSSR count). The molecule has 1 aliphatic rings. The SMILES string of the molecule is Cc1ccc(C(=O)N2CCCN(C(=O)c3ccc(Cl)cc3)C2C(=O)NCCN)cc1. The second-order valence-electron chi connectivity index (χ2n) is 7.18. The molecule has 0 spiro atoms. The number of nitrogens with zero attached hydrogens (tertiary/aromatic N) is 2. The van der Waals surface area contributed by atoms with Gasteiger partial charge >= 0.3 is 0 Å². The Morgan fingerprint density at radius 1 is 0.967 bits per heavy atom. The van der Waals surface area contributed by atoms with Crippen molar-refractivity contribution in [1.29, 1.82) is 0 Å². The Kier molecular flexibility index (Phi) is 7.07.